The van der Waals surface area contributed by atoms with Crippen LogP contribution in [-0.2, 0) is 13.0 Å². The Morgan fingerprint density at radius 2 is 1.36 bits per heavy atom. The van der Waals surface area contributed by atoms with E-state index in [0.29, 0.717) is 0 Å². The van der Waals surface area contributed by atoms with Crippen LogP contribution in [0.4, 0.5) is 0 Å². The van der Waals surface area contributed by atoms with Gasteiger partial charge in [0.25, 0.3) is 0 Å². The number of hydrogen-bond donors (Lipinski definition) is 0. The highest BCUT2D eigenvalue weighted by Crippen LogP contribution is 2.48. The highest BCUT2D eigenvalue weighted by atomic mass is 35.5. The average Bonchev–Trinajstić information content (AvgIpc) is 3.32. The van der Waals surface area contributed by atoms with Crippen LogP contribution in [0.3, 0.4) is 0 Å². The molecule has 3 heteroatoms. The molecule has 1 aromatic heterocycles. The molecule has 0 unspecified atom stereocenters. The molecule has 1 nitrogen and oxygen atoms in total. The summed E-state index contributed by atoms with van der Waals surface area (Å²) in [5.74, 6) is 0. The van der Waals surface area contributed by atoms with Crippen molar-refractivity contribution in [2.45, 2.75) is 29.3 Å². The summed E-state index contributed by atoms with van der Waals surface area (Å²) >= 11 is 8.05. The van der Waals surface area contributed by atoms with Crippen LogP contribution < -0.4 is 0 Å². The van der Waals surface area contributed by atoms with E-state index >= 15 is 0 Å². The van der Waals surface area contributed by atoms with E-state index in [1.54, 1.807) is 0 Å². The van der Waals surface area contributed by atoms with Gasteiger partial charge in [0.05, 0.1) is 5.03 Å². The fraction of sp³-hybridized carbons (Fsp3) is 0.120. The maximum Gasteiger partial charge on any atom is 0.0884 e. The summed E-state index contributed by atoms with van der Waals surface area (Å²) < 4.78 is 2.53. The largest absolute Gasteiger partial charge is 0.338 e. The van der Waals surface area contributed by atoms with Gasteiger partial charge in [-0.15, -0.1) is 0 Å². The predicted octanol–water partition coefficient (Wildman–Crippen LogP) is 7.57. The van der Waals surface area contributed by atoms with Crippen LogP contribution in [0, 0.1) is 0 Å². The normalized spacial score (nSPS) is 12.9. The lowest BCUT2D eigenvalue weighted by Crippen LogP contribution is -1.94. The third-order valence-electron chi connectivity index (χ3n) is 5.27. The first-order valence-corrected chi connectivity index (χ1v) is 10.8. The van der Waals surface area contributed by atoms with Crippen LogP contribution in [0.15, 0.2) is 94.9 Å². The van der Waals surface area contributed by atoms with Gasteiger partial charge in [0.15, 0.2) is 0 Å². The molecule has 0 spiro atoms. The van der Waals surface area contributed by atoms with E-state index < -0.39 is 0 Å². The molecule has 0 fully saturated rings. The van der Waals surface area contributed by atoms with Gasteiger partial charge in [-0.25, -0.2) is 0 Å². The predicted molar refractivity (Wildman–Crippen MR) is 119 cm³/mol. The number of aromatic nitrogens is 1. The standard InChI is InChI=1S/C25H20ClNS/c26-20-15-13-19(14-16-20)24-23(18-8-3-1-4-9-18)22-12-7-17-27(22)25(24)28-21-10-5-2-6-11-21/h1-6,8-11,13-16H,7,12,17H2. The third-order valence-corrected chi connectivity index (χ3v) is 6.65. The van der Waals surface area contributed by atoms with Crippen LogP contribution >= 0.6 is 23.4 Å². The fourth-order valence-corrected chi connectivity index (χ4v) is 5.33. The van der Waals surface area contributed by atoms with Crippen molar-refractivity contribution in [2.24, 2.45) is 0 Å². The Labute approximate surface area is 175 Å². The van der Waals surface area contributed by atoms with E-state index in [2.05, 4.69) is 77.4 Å². The number of hydrogen-bond acceptors (Lipinski definition) is 1. The quantitative estimate of drug-likeness (QED) is 0.341. The Bertz CT molecular complexity index is 1100. The second-order valence-electron chi connectivity index (χ2n) is 7.05. The molecule has 0 N–H and O–H groups in total. The van der Waals surface area contributed by atoms with Crippen LogP contribution in [-0.4, -0.2) is 4.57 Å². The molecule has 1 aliphatic heterocycles. The van der Waals surface area contributed by atoms with Gasteiger partial charge in [-0.1, -0.05) is 84.0 Å². The second kappa shape index (κ2) is 7.54. The lowest BCUT2D eigenvalue weighted by Gasteiger charge is -2.11. The van der Waals surface area contributed by atoms with Crippen LogP contribution in [0.2, 0.25) is 5.02 Å². The van der Waals surface area contributed by atoms with Crippen LogP contribution in [0.25, 0.3) is 22.3 Å². The zero-order chi connectivity index (χ0) is 18.9. The van der Waals surface area contributed by atoms with E-state index in [1.807, 2.05) is 23.9 Å². The molecular weight excluding hydrogens is 382 g/mol. The lowest BCUT2D eigenvalue weighted by atomic mass is 9.96. The maximum absolute atomic E-state index is 6.19. The first-order valence-electron chi connectivity index (χ1n) is 9.61. The Kier molecular flexibility index (Phi) is 4.76. The van der Waals surface area contributed by atoms with E-state index in [-0.39, 0.29) is 0 Å². The first-order chi connectivity index (χ1) is 13.8. The van der Waals surface area contributed by atoms with Crippen molar-refractivity contribution in [2.75, 3.05) is 0 Å². The smallest absolute Gasteiger partial charge is 0.0884 e. The lowest BCUT2D eigenvalue weighted by molar-refractivity contribution is 0.697. The molecule has 2 heterocycles. The topological polar surface area (TPSA) is 4.93 Å². The summed E-state index contributed by atoms with van der Waals surface area (Å²) in [6, 6.07) is 29.7. The first kappa shape index (κ1) is 17.7. The van der Waals surface area contributed by atoms with Gasteiger partial charge < -0.3 is 4.57 Å². The highest BCUT2D eigenvalue weighted by Gasteiger charge is 2.28. The van der Waals surface area contributed by atoms with E-state index in [0.717, 1.165) is 18.0 Å². The molecule has 0 saturated carbocycles. The van der Waals surface area contributed by atoms with Crippen molar-refractivity contribution >= 4 is 23.4 Å². The van der Waals surface area contributed by atoms with Crippen molar-refractivity contribution in [3.05, 3.63) is 95.6 Å². The maximum atomic E-state index is 6.19. The highest BCUT2D eigenvalue weighted by molar-refractivity contribution is 7.99. The molecule has 3 aromatic carbocycles. The number of nitrogens with zero attached hydrogens (tertiary/aromatic N) is 1. The Morgan fingerprint density at radius 1 is 0.714 bits per heavy atom. The van der Waals surface area contributed by atoms with E-state index in [4.69, 9.17) is 11.6 Å². The van der Waals surface area contributed by atoms with Crippen molar-refractivity contribution in [1.29, 1.82) is 0 Å². The minimum atomic E-state index is 0.772. The number of rotatable bonds is 4. The molecule has 0 atom stereocenters. The summed E-state index contributed by atoms with van der Waals surface area (Å²) in [4.78, 5) is 1.27. The number of benzene rings is 3. The van der Waals surface area contributed by atoms with Gasteiger partial charge in [-0.05, 0) is 48.2 Å². The molecule has 0 aliphatic carbocycles. The molecule has 0 bridgehead atoms. The molecule has 138 valence electrons. The molecule has 0 saturated heterocycles. The number of fused-ring (bicyclic) bond motifs is 1. The fourth-order valence-electron chi connectivity index (χ4n) is 4.05. The summed E-state index contributed by atoms with van der Waals surface area (Å²) in [6.45, 7) is 1.08. The van der Waals surface area contributed by atoms with E-state index in [9.17, 15) is 0 Å². The van der Waals surface area contributed by atoms with Gasteiger partial charge in [0.1, 0.15) is 0 Å². The Balaban J connectivity index is 1.77. The molecule has 4 aromatic rings. The summed E-state index contributed by atoms with van der Waals surface area (Å²) in [6.07, 6.45) is 2.33. The zero-order valence-corrected chi connectivity index (χ0v) is 17.0. The molecule has 0 radical (unpaired) electrons. The van der Waals surface area contributed by atoms with Gasteiger partial charge in [0, 0.05) is 33.3 Å². The molecule has 1 aliphatic rings. The van der Waals surface area contributed by atoms with Gasteiger partial charge in [-0.2, -0.15) is 0 Å². The molecule has 0 amide bonds. The number of halogens is 1. The summed E-state index contributed by atoms with van der Waals surface area (Å²) in [5.41, 5.74) is 6.67. The van der Waals surface area contributed by atoms with E-state index in [1.165, 1.54) is 44.3 Å². The monoisotopic (exact) mass is 401 g/mol. The van der Waals surface area contributed by atoms with Crippen molar-refractivity contribution in [3.8, 4) is 22.3 Å². The minimum Gasteiger partial charge on any atom is -0.338 e. The Morgan fingerprint density at radius 3 is 2.07 bits per heavy atom. The summed E-state index contributed by atoms with van der Waals surface area (Å²) in [7, 11) is 0. The van der Waals surface area contributed by atoms with Crippen LogP contribution in [0.1, 0.15) is 12.1 Å². The second-order valence-corrected chi connectivity index (χ2v) is 8.54. The van der Waals surface area contributed by atoms with Gasteiger partial charge in [0.2, 0.25) is 0 Å². The molecule has 5 rings (SSSR count). The summed E-state index contributed by atoms with van der Waals surface area (Å²) in [5, 5.41) is 2.11. The van der Waals surface area contributed by atoms with Gasteiger partial charge >= 0.3 is 0 Å². The van der Waals surface area contributed by atoms with Crippen molar-refractivity contribution in [3.63, 3.8) is 0 Å². The van der Waals surface area contributed by atoms with Crippen molar-refractivity contribution < 1.29 is 0 Å². The SMILES string of the molecule is Clc1ccc(-c2c(-c3ccccc3)c3n(c2Sc2ccccc2)CCC3)cc1. The molecular formula is C25H20ClNS. The minimum absolute atomic E-state index is 0.772. The zero-order valence-electron chi connectivity index (χ0n) is 15.4. The van der Waals surface area contributed by atoms with Gasteiger partial charge in [-0.3, -0.25) is 0 Å². The van der Waals surface area contributed by atoms with Crippen molar-refractivity contribution in [1.82, 2.24) is 4.57 Å². The van der Waals surface area contributed by atoms with Crippen LogP contribution in [0.5, 0.6) is 0 Å². The Hall–Kier alpha value is -2.42. The third kappa shape index (κ3) is 3.17. The molecule has 28 heavy (non-hydrogen) atoms. The average molecular weight is 402 g/mol.